The number of nitrogens with two attached hydrogens (primary N) is 1. The maximum atomic E-state index is 12.9. The summed E-state index contributed by atoms with van der Waals surface area (Å²) in [6, 6.07) is 12.8. The van der Waals surface area contributed by atoms with Gasteiger partial charge in [0.05, 0.1) is 11.1 Å². The molecule has 1 aliphatic heterocycles. The van der Waals surface area contributed by atoms with E-state index >= 15 is 0 Å². The first-order valence-electron chi connectivity index (χ1n) is 9.40. The van der Waals surface area contributed by atoms with Gasteiger partial charge in [0.1, 0.15) is 0 Å². The second-order valence-electron chi connectivity index (χ2n) is 7.45. The van der Waals surface area contributed by atoms with E-state index in [0.717, 1.165) is 16.4 Å². The van der Waals surface area contributed by atoms with Gasteiger partial charge in [0, 0.05) is 65.0 Å². The van der Waals surface area contributed by atoms with Crippen LogP contribution in [-0.2, 0) is 23.7 Å². The van der Waals surface area contributed by atoms with Crippen molar-refractivity contribution in [3.05, 3.63) is 71.5 Å². The van der Waals surface area contributed by atoms with E-state index in [4.69, 9.17) is 5.73 Å². The zero-order valence-electron chi connectivity index (χ0n) is 16.4. The van der Waals surface area contributed by atoms with Gasteiger partial charge in [-0.15, -0.1) is 0 Å². The number of imide groups is 1. The van der Waals surface area contributed by atoms with Crippen LogP contribution < -0.4 is 11.1 Å². The van der Waals surface area contributed by atoms with Crippen LogP contribution in [0.4, 0.5) is 0 Å². The molecule has 0 spiro atoms. The Hall–Kier alpha value is -4.13. The molecule has 0 atom stereocenters. The van der Waals surface area contributed by atoms with Crippen LogP contribution in [0.2, 0.25) is 0 Å². The summed E-state index contributed by atoms with van der Waals surface area (Å²) >= 11 is 0. The van der Waals surface area contributed by atoms with Gasteiger partial charge in [0.25, 0.3) is 11.8 Å². The largest absolute Gasteiger partial charge is 0.366 e. The fourth-order valence-corrected chi connectivity index (χ4v) is 4.25. The average Bonchev–Trinajstić information content (AvgIpc) is 3.32. The highest BCUT2D eigenvalue weighted by Gasteiger charge is 2.35. The Morgan fingerprint density at radius 1 is 0.833 bits per heavy atom. The second-order valence-corrected chi connectivity index (χ2v) is 7.45. The number of hydrogen-bond donors (Lipinski definition) is 2. The normalized spacial score (nSPS) is 14.2. The van der Waals surface area contributed by atoms with Gasteiger partial charge in [0.2, 0.25) is 5.91 Å². The van der Waals surface area contributed by atoms with Gasteiger partial charge >= 0.3 is 0 Å². The number of amides is 3. The van der Waals surface area contributed by atoms with E-state index < -0.39 is 17.7 Å². The van der Waals surface area contributed by atoms with Crippen LogP contribution in [0.25, 0.3) is 33.0 Å². The number of nitrogens with zero attached hydrogens (tertiary/aromatic N) is 2. The van der Waals surface area contributed by atoms with Crippen LogP contribution in [0.15, 0.2) is 54.9 Å². The Labute approximate surface area is 171 Å². The molecular formula is C23H18N4O3. The number of carbonyl (C=O) groups is 3. The number of benzene rings is 2. The van der Waals surface area contributed by atoms with Gasteiger partial charge < -0.3 is 14.9 Å². The quantitative estimate of drug-likeness (QED) is 0.518. The lowest BCUT2D eigenvalue weighted by molar-refractivity contribution is -0.122. The van der Waals surface area contributed by atoms with Gasteiger partial charge in [-0.1, -0.05) is 18.2 Å². The van der Waals surface area contributed by atoms with Crippen molar-refractivity contribution in [3.8, 4) is 0 Å². The second kappa shape index (κ2) is 6.18. The first-order valence-corrected chi connectivity index (χ1v) is 9.40. The molecule has 0 aliphatic carbocycles. The summed E-state index contributed by atoms with van der Waals surface area (Å²) in [6.45, 7) is 0. The average molecular weight is 398 g/mol. The van der Waals surface area contributed by atoms with Gasteiger partial charge in [-0.2, -0.15) is 0 Å². The van der Waals surface area contributed by atoms with Crippen LogP contribution in [0, 0.1) is 0 Å². The Morgan fingerprint density at radius 3 is 2.03 bits per heavy atom. The van der Waals surface area contributed by atoms with Crippen LogP contribution in [0.5, 0.6) is 0 Å². The molecule has 0 unspecified atom stereocenters. The number of aryl methyl sites for hydroxylation is 2. The number of hydrogen-bond acceptors (Lipinski definition) is 3. The van der Waals surface area contributed by atoms with E-state index in [1.807, 2.05) is 53.7 Å². The van der Waals surface area contributed by atoms with Crippen molar-refractivity contribution < 1.29 is 14.4 Å². The monoisotopic (exact) mass is 398 g/mol. The summed E-state index contributed by atoms with van der Waals surface area (Å²) in [5, 5.41) is 4.01. The number of nitrogens with one attached hydrogen (secondary N) is 1. The lowest BCUT2D eigenvalue weighted by Gasteiger charge is -2.04. The summed E-state index contributed by atoms with van der Waals surface area (Å²) in [5.74, 6) is -1.45. The lowest BCUT2D eigenvalue weighted by atomic mass is 9.95. The van der Waals surface area contributed by atoms with Crippen LogP contribution in [0.3, 0.4) is 0 Å². The van der Waals surface area contributed by atoms with Gasteiger partial charge in [-0.25, -0.2) is 0 Å². The van der Waals surface area contributed by atoms with Crippen LogP contribution in [0.1, 0.15) is 21.5 Å². The number of fused-ring (bicyclic) bond motifs is 2. The van der Waals surface area contributed by atoms with Crippen molar-refractivity contribution in [2.24, 2.45) is 19.8 Å². The first-order chi connectivity index (χ1) is 14.4. The zero-order valence-corrected chi connectivity index (χ0v) is 16.4. The molecule has 0 saturated heterocycles. The molecule has 0 fully saturated rings. The van der Waals surface area contributed by atoms with E-state index in [1.165, 1.54) is 0 Å². The predicted molar refractivity (Wildman–Crippen MR) is 114 cm³/mol. The van der Waals surface area contributed by atoms with Crippen molar-refractivity contribution in [3.63, 3.8) is 0 Å². The highest BCUT2D eigenvalue weighted by Crippen LogP contribution is 2.38. The molecule has 30 heavy (non-hydrogen) atoms. The highest BCUT2D eigenvalue weighted by atomic mass is 16.2. The van der Waals surface area contributed by atoms with E-state index in [9.17, 15) is 14.4 Å². The molecule has 3 heterocycles. The van der Waals surface area contributed by atoms with Gasteiger partial charge in [0.15, 0.2) is 0 Å². The standard InChI is InChI=1S/C23H18N4O3/c1-26-10-15(13-5-3-4-6-17(13)26)19-20(23(30)25-22(19)29)16-11-27(2)18-8-7-12(21(24)28)9-14(16)18/h3-11H,1-2H3,(H2,24,28)(H,25,29,30). The summed E-state index contributed by atoms with van der Waals surface area (Å²) < 4.78 is 3.79. The van der Waals surface area contributed by atoms with E-state index in [1.54, 1.807) is 24.4 Å². The molecule has 7 heteroatoms. The third kappa shape index (κ3) is 2.42. The summed E-state index contributed by atoms with van der Waals surface area (Å²) in [5.41, 5.74) is 9.48. The zero-order chi connectivity index (χ0) is 21.2. The molecule has 0 saturated carbocycles. The maximum Gasteiger partial charge on any atom is 0.259 e. The van der Waals surface area contributed by atoms with Crippen LogP contribution >= 0.6 is 0 Å². The minimum absolute atomic E-state index is 0.295. The number of aromatic nitrogens is 2. The van der Waals surface area contributed by atoms with Crippen molar-refractivity contribution in [1.82, 2.24) is 14.5 Å². The summed E-state index contributed by atoms with van der Waals surface area (Å²) in [7, 11) is 3.75. The fraction of sp³-hybridized carbons (Fsp3) is 0.0870. The molecule has 3 N–H and O–H groups in total. The van der Waals surface area contributed by atoms with E-state index in [2.05, 4.69) is 5.32 Å². The molecule has 7 nitrogen and oxygen atoms in total. The van der Waals surface area contributed by atoms with Crippen molar-refractivity contribution >= 4 is 50.7 Å². The third-order valence-electron chi connectivity index (χ3n) is 5.64. The minimum atomic E-state index is -0.554. The van der Waals surface area contributed by atoms with Crippen molar-refractivity contribution in [2.45, 2.75) is 0 Å². The van der Waals surface area contributed by atoms with Crippen LogP contribution in [-0.4, -0.2) is 26.9 Å². The third-order valence-corrected chi connectivity index (χ3v) is 5.64. The Bertz CT molecular complexity index is 1450. The molecule has 5 rings (SSSR count). The Morgan fingerprint density at radius 2 is 1.40 bits per heavy atom. The highest BCUT2D eigenvalue weighted by molar-refractivity contribution is 6.50. The van der Waals surface area contributed by atoms with E-state index in [-0.39, 0.29) is 0 Å². The fourth-order valence-electron chi connectivity index (χ4n) is 4.25. The molecule has 4 aromatic rings. The number of rotatable bonds is 3. The minimum Gasteiger partial charge on any atom is -0.366 e. The van der Waals surface area contributed by atoms with Crippen molar-refractivity contribution in [1.29, 1.82) is 0 Å². The van der Waals surface area contributed by atoms with Gasteiger partial charge in [-0.3, -0.25) is 19.7 Å². The molecule has 148 valence electrons. The smallest absolute Gasteiger partial charge is 0.259 e. The molecule has 0 bridgehead atoms. The molecule has 1 aliphatic rings. The summed E-state index contributed by atoms with van der Waals surface area (Å²) in [4.78, 5) is 37.4. The number of primary amides is 1. The van der Waals surface area contributed by atoms with E-state index in [0.29, 0.717) is 33.2 Å². The van der Waals surface area contributed by atoms with Gasteiger partial charge in [-0.05, 0) is 24.3 Å². The SMILES string of the molecule is Cn1cc(C2=C(c3cn(C)c4ccc(C(N)=O)cc34)C(=O)NC2=O)c2ccccc21. The Kier molecular flexibility index (Phi) is 3.70. The summed E-state index contributed by atoms with van der Waals surface area (Å²) in [6.07, 6.45) is 3.66. The first kappa shape index (κ1) is 17.9. The molecule has 2 aromatic carbocycles. The topological polar surface area (TPSA) is 99.1 Å². The maximum absolute atomic E-state index is 12.9. The molecule has 2 aromatic heterocycles. The van der Waals surface area contributed by atoms with Crippen molar-refractivity contribution in [2.75, 3.05) is 0 Å². The lowest BCUT2D eigenvalue weighted by Crippen LogP contribution is -2.22. The number of carbonyl (C=O) groups excluding carboxylic acids is 3. The predicted octanol–water partition coefficient (Wildman–Crippen LogP) is 2.34. The molecule has 0 radical (unpaired) electrons. The molecular weight excluding hydrogens is 380 g/mol. The Balaban J connectivity index is 1.87. The molecule has 3 amide bonds. The number of para-hydroxylation sites is 1.